The van der Waals surface area contributed by atoms with Crippen molar-refractivity contribution in [3.8, 4) is 11.5 Å². The maximum absolute atomic E-state index is 11.4. The SMILES string of the molecule is COc1ccc(C2NC(=O)NC2=O)c(O)c1. The third-order valence-corrected chi connectivity index (χ3v) is 2.32. The number of rotatable bonds is 2. The van der Waals surface area contributed by atoms with Gasteiger partial charge in [0.25, 0.3) is 5.91 Å². The predicted molar refractivity (Wildman–Crippen MR) is 54.1 cm³/mol. The second-order valence-electron chi connectivity index (χ2n) is 3.32. The molecular formula is C10H10N2O4. The zero-order valence-electron chi connectivity index (χ0n) is 8.48. The smallest absolute Gasteiger partial charge is 0.322 e. The molecule has 1 atom stereocenters. The number of phenolic OH excluding ortho intramolecular Hbond substituents is 1. The largest absolute Gasteiger partial charge is 0.507 e. The Kier molecular flexibility index (Phi) is 2.40. The zero-order valence-corrected chi connectivity index (χ0v) is 8.48. The van der Waals surface area contributed by atoms with Crippen molar-refractivity contribution < 1.29 is 19.4 Å². The quantitative estimate of drug-likeness (QED) is 0.627. The van der Waals surface area contributed by atoms with E-state index in [-0.39, 0.29) is 5.75 Å². The third kappa shape index (κ3) is 1.65. The van der Waals surface area contributed by atoms with Crippen molar-refractivity contribution in [1.29, 1.82) is 0 Å². The molecule has 1 aliphatic heterocycles. The summed E-state index contributed by atoms with van der Waals surface area (Å²) in [6, 6.07) is 3.10. The van der Waals surface area contributed by atoms with Crippen LogP contribution in [-0.2, 0) is 4.79 Å². The first-order valence-corrected chi connectivity index (χ1v) is 4.60. The number of carbonyl (C=O) groups is 2. The van der Waals surface area contributed by atoms with Crippen LogP contribution >= 0.6 is 0 Å². The summed E-state index contributed by atoms with van der Waals surface area (Å²) in [5, 5.41) is 14.2. The molecule has 1 saturated heterocycles. The van der Waals surface area contributed by atoms with Crippen molar-refractivity contribution in [1.82, 2.24) is 10.6 Å². The number of hydrogen-bond acceptors (Lipinski definition) is 4. The van der Waals surface area contributed by atoms with Crippen molar-refractivity contribution >= 4 is 11.9 Å². The summed E-state index contributed by atoms with van der Waals surface area (Å²) in [7, 11) is 1.47. The minimum absolute atomic E-state index is 0.0956. The number of hydrogen-bond donors (Lipinski definition) is 3. The number of ether oxygens (including phenoxy) is 1. The number of benzene rings is 1. The Morgan fingerprint density at radius 2 is 2.12 bits per heavy atom. The van der Waals surface area contributed by atoms with E-state index in [1.54, 1.807) is 6.07 Å². The second kappa shape index (κ2) is 3.73. The van der Waals surface area contributed by atoms with Gasteiger partial charge in [0, 0.05) is 11.6 Å². The zero-order chi connectivity index (χ0) is 11.7. The predicted octanol–water partition coefficient (Wildman–Crippen LogP) is 0.281. The van der Waals surface area contributed by atoms with Gasteiger partial charge < -0.3 is 15.2 Å². The molecule has 1 aromatic rings. The standard InChI is InChI=1S/C10H10N2O4/c1-16-5-2-3-6(7(13)4-5)8-9(14)12-10(15)11-8/h2-4,8,13H,1H3,(H2,11,12,14,15). The summed E-state index contributed by atoms with van der Waals surface area (Å²) in [4.78, 5) is 22.3. The lowest BCUT2D eigenvalue weighted by Crippen LogP contribution is -2.22. The lowest BCUT2D eigenvalue weighted by atomic mass is 10.1. The molecule has 3 amide bonds. The molecule has 1 aromatic carbocycles. The highest BCUT2D eigenvalue weighted by atomic mass is 16.5. The van der Waals surface area contributed by atoms with Gasteiger partial charge in [0.15, 0.2) is 0 Å². The average Bonchev–Trinajstić information content (AvgIpc) is 2.57. The van der Waals surface area contributed by atoms with Crippen LogP contribution in [0.1, 0.15) is 11.6 Å². The molecule has 6 heteroatoms. The van der Waals surface area contributed by atoms with E-state index in [4.69, 9.17) is 4.74 Å². The van der Waals surface area contributed by atoms with Crippen LogP contribution < -0.4 is 15.4 Å². The lowest BCUT2D eigenvalue weighted by Gasteiger charge is -2.10. The van der Waals surface area contributed by atoms with Crippen molar-refractivity contribution in [2.45, 2.75) is 6.04 Å². The van der Waals surface area contributed by atoms with Gasteiger partial charge in [0.05, 0.1) is 7.11 Å². The first-order chi connectivity index (χ1) is 7.61. The molecule has 2 rings (SSSR count). The molecule has 0 bridgehead atoms. The number of nitrogens with one attached hydrogen (secondary N) is 2. The molecule has 0 radical (unpaired) electrons. The van der Waals surface area contributed by atoms with E-state index in [0.717, 1.165) is 0 Å². The minimum Gasteiger partial charge on any atom is -0.507 e. The Hall–Kier alpha value is -2.24. The van der Waals surface area contributed by atoms with E-state index in [9.17, 15) is 14.7 Å². The maximum Gasteiger partial charge on any atom is 0.322 e. The summed E-state index contributed by atoms with van der Waals surface area (Å²) in [5.74, 6) is -0.0989. The van der Waals surface area contributed by atoms with Gasteiger partial charge in [0.2, 0.25) is 0 Å². The normalized spacial score (nSPS) is 19.2. The highest BCUT2D eigenvalue weighted by Crippen LogP contribution is 2.29. The van der Waals surface area contributed by atoms with Crippen LogP contribution in [0.2, 0.25) is 0 Å². The van der Waals surface area contributed by atoms with Gasteiger partial charge in [-0.1, -0.05) is 0 Å². The molecule has 16 heavy (non-hydrogen) atoms. The summed E-state index contributed by atoms with van der Waals surface area (Å²) in [6.07, 6.45) is 0. The first kappa shape index (κ1) is 10.3. The fourth-order valence-electron chi connectivity index (χ4n) is 1.53. The van der Waals surface area contributed by atoms with Crippen molar-refractivity contribution in [2.24, 2.45) is 0 Å². The Bertz CT molecular complexity index is 458. The van der Waals surface area contributed by atoms with E-state index in [2.05, 4.69) is 10.6 Å². The van der Waals surface area contributed by atoms with Gasteiger partial charge in [-0.25, -0.2) is 4.79 Å². The van der Waals surface area contributed by atoms with Crippen LogP contribution in [0.3, 0.4) is 0 Å². The number of urea groups is 1. The Morgan fingerprint density at radius 3 is 2.62 bits per heavy atom. The van der Waals surface area contributed by atoms with E-state index >= 15 is 0 Å². The van der Waals surface area contributed by atoms with Crippen LogP contribution in [0.5, 0.6) is 11.5 Å². The lowest BCUT2D eigenvalue weighted by molar-refractivity contribution is -0.120. The van der Waals surface area contributed by atoms with Gasteiger partial charge in [-0.15, -0.1) is 0 Å². The Morgan fingerprint density at radius 1 is 1.38 bits per heavy atom. The van der Waals surface area contributed by atoms with Crippen LogP contribution in [0.4, 0.5) is 4.79 Å². The fraction of sp³-hybridized carbons (Fsp3) is 0.200. The van der Waals surface area contributed by atoms with Crippen molar-refractivity contribution in [3.05, 3.63) is 23.8 Å². The monoisotopic (exact) mass is 222 g/mol. The van der Waals surface area contributed by atoms with Crippen LogP contribution in [0.25, 0.3) is 0 Å². The number of amides is 3. The molecule has 1 heterocycles. The summed E-state index contributed by atoms with van der Waals surface area (Å²) in [5.41, 5.74) is 0.337. The van der Waals surface area contributed by atoms with Crippen molar-refractivity contribution in [3.63, 3.8) is 0 Å². The number of phenols is 1. The number of imide groups is 1. The number of methoxy groups -OCH3 is 1. The van der Waals surface area contributed by atoms with Gasteiger partial charge in [-0.2, -0.15) is 0 Å². The second-order valence-corrected chi connectivity index (χ2v) is 3.32. The van der Waals surface area contributed by atoms with Crippen molar-refractivity contribution in [2.75, 3.05) is 7.11 Å². The molecule has 0 spiro atoms. The molecule has 0 aliphatic carbocycles. The first-order valence-electron chi connectivity index (χ1n) is 4.60. The fourth-order valence-corrected chi connectivity index (χ4v) is 1.53. The maximum atomic E-state index is 11.4. The Balaban J connectivity index is 2.34. The molecule has 6 nitrogen and oxygen atoms in total. The van der Waals surface area contributed by atoms with Crippen LogP contribution in [0, 0.1) is 0 Å². The number of carbonyl (C=O) groups excluding carboxylic acids is 2. The van der Waals surface area contributed by atoms with Gasteiger partial charge in [-0.05, 0) is 12.1 Å². The Labute approximate surface area is 91.2 Å². The molecule has 1 aliphatic rings. The highest BCUT2D eigenvalue weighted by Gasteiger charge is 2.32. The van der Waals surface area contributed by atoms with Gasteiger partial charge in [0.1, 0.15) is 17.5 Å². The van der Waals surface area contributed by atoms with E-state index < -0.39 is 18.0 Å². The molecule has 0 aromatic heterocycles. The molecule has 1 unspecified atom stereocenters. The molecular weight excluding hydrogens is 212 g/mol. The minimum atomic E-state index is -0.849. The van der Waals surface area contributed by atoms with Crippen LogP contribution in [-0.4, -0.2) is 24.2 Å². The number of aromatic hydroxyl groups is 1. The average molecular weight is 222 g/mol. The third-order valence-electron chi connectivity index (χ3n) is 2.32. The van der Waals surface area contributed by atoms with E-state index in [1.165, 1.54) is 19.2 Å². The summed E-state index contributed by atoms with van der Waals surface area (Å²) in [6.45, 7) is 0. The van der Waals surface area contributed by atoms with Gasteiger partial charge in [-0.3, -0.25) is 10.1 Å². The van der Waals surface area contributed by atoms with E-state index in [1.807, 2.05) is 0 Å². The highest BCUT2D eigenvalue weighted by molar-refractivity contribution is 6.04. The topological polar surface area (TPSA) is 87.7 Å². The molecule has 0 saturated carbocycles. The van der Waals surface area contributed by atoms with E-state index in [0.29, 0.717) is 11.3 Å². The summed E-state index contributed by atoms with van der Waals surface area (Å²) >= 11 is 0. The molecule has 3 N–H and O–H groups in total. The summed E-state index contributed by atoms with van der Waals surface area (Å²) < 4.78 is 4.91. The molecule has 1 fully saturated rings. The van der Waals surface area contributed by atoms with Gasteiger partial charge >= 0.3 is 6.03 Å². The van der Waals surface area contributed by atoms with Crippen LogP contribution in [0.15, 0.2) is 18.2 Å². The molecule has 84 valence electrons.